The van der Waals surface area contributed by atoms with Crippen LogP contribution in [-0.2, 0) is 4.79 Å². The van der Waals surface area contributed by atoms with Crippen LogP contribution >= 0.6 is 0 Å². The SMILES string of the molecule is CCC(N)CC(=O)Nc1cccc(-c2cnco2)c1. The average Bonchev–Trinajstić information content (AvgIpc) is 2.92. The Morgan fingerprint density at radius 3 is 3.05 bits per heavy atom. The van der Waals surface area contributed by atoms with Crippen LogP contribution in [0, 0.1) is 0 Å². The van der Waals surface area contributed by atoms with Gasteiger partial charge in [-0.2, -0.15) is 0 Å². The largest absolute Gasteiger partial charge is 0.444 e. The van der Waals surface area contributed by atoms with Crippen molar-refractivity contribution >= 4 is 11.6 Å². The fraction of sp³-hybridized carbons (Fsp3) is 0.286. The lowest BCUT2D eigenvalue weighted by molar-refractivity contribution is -0.116. The molecule has 1 aromatic carbocycles. The molecule has 1 heterocycles. The van der Waals surface area contributed by atoms with Crippen molar-refractivity contribution in [1.29, 1.82) is 0 Å². The van der Waals surface area contributed by atoms with Gasteiger partial charge in [0, 0.05) is 23.7 Å². The number of aromatic nitrogens is 1. The van der Waals surface area contributed by atoms with Crippen molar-refractivity contribution in [2.75, 3.05) is 5.32 Å². The summed E-state index contributed by atoms with van der Waals surface area (Å²) >= 11 is 0. The molecule has 5 nitrogen and oxygen atoms in total. The van der Waals surface area contributed by atoms with Crippen molar-refractivity contribution < 1.29 is 9.21 Å². The summed E-state index contributed by atoms with van der Waals surface area (Å²) in [5, 5.41) is 2.83. The second-order valence-corrected chi connectivity index (χ2v) is 4.37. The Kier molecular flexibility index (Phi) is 4.30. The van der Waals surface area contributed by atoms with Gasteiger partial charge < -0.3 is 15.5 Å². The summed E-state index contributed by atoms with van der Waals surface area (Å²) in [4.78, 5) is 15.6. The van der Waals surface area contributed by atoms with Gasteiger partial charge in [-0.1, -0.05) is 19.1 Å². The molecule has 2 aromatic rings. The minimum Gasteiger partial charge on any atom is -0.444 e. The highest BCUT2D eigenvalue weighted by Gasteiger charge is 2.09. The molecule has 0 aliphatic rings. The maximum atomic E-state index is 11.8. The van der Waals surface area contributed by atoms with Crippen LogP contribution in [0.15, 0.2) is 41.3 Å². The van der Waals surface area contributed by atoms with E-state index >= 15 is 0 Å². The summed E-state index contributed by atoms with van der Waals surface area (Å²) in [6.45, 7) is 1.96. The van der Waals surface area contributed by atoms with Gasteiger partial charge in [0.15, 0.2) is 12.2 Å². The maximum absolute atomic E-state index is 11.8. The first-order valence-corrected chi connectivity index (χ1v) is 6.23. The normalized spacial score (nSPS) is 12.1. The molecule has 0 radical (unpaired) electrons. The molecule has 0 spiro atoms. The van der Waals surface area contributed by atoms with Crippen LogP contribution in [0.5, 0.6) is 0 Å². The molecule has 3 N–H and O–H groups in total. The van der Waals surface area contributed by atoms with Gasteiger partial charge in [-0.25, -0.2) is 4.98 Å². The van der Waals surface area contributed by atoms with Crippen LogP contribution in [-0.4, -0.2) is 16.9 Å². The van der Waals surface area contributed by atoms with Crippen molar-refractivity contribution in [3.05, 3.63) is 36.9 Å². The number of oxazole rings is 1. The fourth-order valence-corrected chi connectivity index (χ4v) is 1.70. The average molecular weight is 259 g/mol. The summed E-state index contributed by atoms with van der Waals surface area (Å²) in [5.74, 6) is 0.588. The summed E-state index contributed by atoms with van der Waals surface area (Å²) in [7, 11) is 0. The van der Waals surface area contributed by atoms with E-state index in [0.29, 0.717) is 12.2 Å². The summed E-state index contributed by atoms with van der Waals surface area (Å²) in [6.07, 6.45) is 4.11. The van der Waals surface area contributed by atoms with E-state index in [0.717, 1.165) is 17.7 Å². The molecule has 5 heteroatoms. The van der Waals surface area contributed by atoms with Crippen molar-refractivity contribution in [2.24, 2.45) is 5.73 Å². The lowest BCUT2D eigenvalue weighted by atomic mass is 10.1. The molecule has 1 unspecified atom stereocenters. The number of carbonyl (C=O) groups is 1. The zero-order valence-electron chi connectivity index (χ0n) is 10.8. The number of nitrogens with zero attached hydrogens (tertiary/aromatic N) is 1. The quantitative estimate of drug-likeness (QED) is 0.864. The van der Waals surface area contributed by atoms with Gasteiger partial charge >= 0.3 is 0 Å². The standard InChI is InChI=1S/C14H17N3O2/c1-2-11(15)7-14(18)17-12-5-3-4-10(6-12)13-8-16-9-19-13/h3-6,8-9,11H,2,7,15H2,1H3,(H,17,18). The number of anilines is 1. The van der Waals surface area contributed by atoms with Gasteiger partial charge in [-0.15, -0.1) is 0 Å². The molecule has 1 aromatic heterocycles. The van der Waals surface area contributed by atoms with E-state index < -0.39 is 0 Å². The second-order valence-electron chi connectivity index (χ2n) is 4.37. The third-order valence-corrected chi connectivity index (χ3v) is 2.84. The van der Waals surface area contributed by atoms with Gasteiger partial charge in [0.25, 0.3) is 0 Å². The Morgan fingerprint density at radius 1 is 1.53 bits per heavy atom. The van der Waals surface area contributed by atoms with Crippen LogP contribution in [0.2, 0.25) is 0 Å². The van der Waals surface area contributed by atoms with Gasteiger partial charge in [0.05, 0.1) is 6.20 Å². The number of carbonyl (C=O) groups excluding carboxylic acids is 1. The first-order valence-electron chi connectivity index (χ1n) is 6.23. The number of amides is 1. The minimum absolute atomic E-state index is 0.0796. The smallest absolute Gasteiger partial charge is 0.225 e. The molecule has 0 bridgehead atoms. The number of nitrogens with two attached hydrogens (primary N) is 1. The fourth-order valence-electron chi connectivity index (χ4n) is 1.70. The van der Waals surface area contributed by atoms with E-state index in [1.165, 1.54) is 6.39 Å². The predicted molar refractivity (Wildman–Crippen MR) is 73.5 cm³/mol. The molecule has 0 saturated carbocycles. The first kappa shape index (κ1) is 13.3. The van der Waals surface area contributed by atoms with Crippen LogP contribution in [0.25, 0.3) is 11.3 Å². The number of nitrogens with one attached hydrogen (secondary N) is 1. The van der Waals surface area contributed by atoms with E-state index in [1.54, 1.807) is 6.20 Å². The number of hydrogen-bond acceptors (Lipinski definition) is 4. The lowest BCUT2D eigenvalue weighted by Gasteiger charge is -2.09. The highest BCUT2D eigenvalue weighted by molar-refractivity contribution is 5.91. The van der Waals surface area contributed by atoms with Crippen molar-refractivity contribution in [1.82, 2.24) is 4.98 Å². The van der Waals surface area contributed by atoms with E-state index in [4.69, 9.17) is 10.2 Å². The molecule has 1 atom stereocenters. The highest BCUT2D eigenvalue weighted by Crippen LogP contribution is 2.22. The zero-order chi connectivity index (χ0) is 13.7. The Labute approximate surface area is 111 Å². The molecule has 0 aliphatic carbocycles. The Balaban J connectivity index is 2.05. The van der Waals surface area contributed by atoms with Gasteiger partial charge in [0.1, 0.15) is 0 Å². The molecule has 0 saturated heterocycles. The summed E-state index contributed by atoms with van der Waals surface area (Å²) < 4.78 is 5.22. The van der Waals surface area contributed by atoms with Crippen LogP contribution < -0.4 is 11.1 Å². The topological polar surface area (TPSA) is 81.2 Å². The molecule has 0 aliphatic heterocycles. The van der Waals surface area contributed by atoms with Crippen molar-refractivity contribution in [3.63, 3.8) is 0 Å². The third kappa shape index (κ3) is 3.66. The highest BCUT2D eigenvalue weighted by atomic mass is 16.3. The molecular formula is C14H17N3O2. The number of hydrogen-bond donors (Lipinski definition) is 2. The van der Waals surface area contributed by atoms with E-state index in [2.05, 4.69) is 10.3 Å². The summed E-state index contributed by atoms with van der Waals surface area (Å²) in [6, 6.07) is 7.32. The number of benzene rings is 1. The molecular weight excluding hydrogens is 242 g/mol. The molecule has 0 fully saturated rings. The Hall–Kier alpha value is -2.14. The molecule has 2 rings (SSSR count). The van der Waals surface area contributed by atoms with Gasteiger partial charge in [-0.05, 0) is 18.6 Å². The van der Waals surface area contributed by atoms with Crippen LogP contribution in [0.1, 0.15) is 19.8 Å². The van der Waals surface area contributed by atoms with Crippen molar-refractivity contribution in [2.45, 2.75) is 25.8 Å². The van der Waals surface area contributed by atoms with Gasteiger partial charge in [-0.3, -0.25) is 4.79 Å². The lowest BCUT2D eigenvalue weighted by Crippen LogP contribution is -2.26. The Morgan fingerprint density at radius 2 is 2.37 bits per heavy atom. The maximum Gasteiger partial charge on any atom is 0.225 e. The molecule has 100 valence electrons. The first-order chi connectivity index (χ1) is 9.19. The Bertz CT molecular complexity index is 537. The molecule has 19 heavy (non-hydrogen) atoms. The van der Waals surface area contributed by atoms with Crippen molar-refractivity contribution in [3.8, 4) is 11.3 Å². The number of rotatable bonds is 5. The van der Waals surface area contributed by atoms with E-state index in [9.17, 15) is 4.79 Å². The zero-order valence-corrected chi connectivity index (χ0v) is 10.8. The second kappa shape index (κ2) is 6.15. The van der Waals surface area contributed by atoms with E-state index in [-0.39, 0.29) is 11.9 Å². The van der Waals surface area contributed by atoms with Crippen LogP contribution in [0.3, 0.4) is 0 Å². The minimum atomic E-state index is -0.0996. The van der Waals surface area contributed by atoms with Crippen LogP contribution in [0.4, 0.5) is 5.69 Å². The third-order valence-electron chi connectivity index (χ3n) is 2.84. The van der Waals surface area contributed by atoms with E-state index in [1.807, 2.05) is 31.2 Å². The monoisotopic (exact) mass is 259 g/mol. The van der Waals surface area contributed by atoms with Gasteiger partial charge in [0.2, 0.25) is 5.91 Å². The summed E-state index contributed by atoms with van der Waals surface area (Å²) in [5.41, 5.74) is 7.35. The molecule has 1 amide bonds. The predicted octanol–water partition coefficient (Wildman–Crippen LogP) is 2.41.